The molecule has 0 aromatic rings. The van der Waals surface area contributed by atoms with Gasteiger partial charge >= 0.3 is 0 Å². The first-order valence-electron chi connectivity index (χ1n) is 6.53. The fourth-order valence-corrected chi connectivity index (χ4v) is 2.48. The third-order valence-corrected chi connectivity index (χ3v) is 3.85. The molecule has 1 fully saturated rings. The van der Waals surface area contributed by atoms with Gasteiger partial charge in [0, 0.05) is 13.7 Å². The van der Waals surface area contributed by atoms with E-state index in [1.807, 2.05) is 0 Å². The Kier molecular flexibility index (Phi) is 5.73. The van der Waals surface area contributed by atoms with E-state index in [-0.39, 0.29) is 11.6 Å². The van der Waals surface area contributed by atoms with Crippen LogP contribution in [0.3, 0.4) is 0 Å². The molecule has 0 amide bonds. The largest absolute Gasteiger partial charge is 0.380 e. The van der Waals surface area contributed by atoms with Crippen molar-refractivity contribution in [1.29, 1.82) is 0 Å². The summed E-state index contributed by atoms with van der Waals surface area (Å²) in [6.45, 7) is 5.83. The lowest BCUT2D eigenvalue weighted by molar-refractivity contribution is -0.0828. The van der Waals surface area contributed by atoms with E-state index in [1.54, 1.807) is 7.11 Å². The Bertz CT molecular complexity index is 188. The average molecular weight is 229 g/mol. The number of hydrogen-bond acceptors (Lipinski definition) is 3. The molecule has 0 spiro atoms. The minimum absolute atomic E-state index is 0.0107. The van der Waals surface area contributed by atoms with Crippen LogP contribution in [0.2, 0.25) is 0 Å². The van der Waals surface area contributed by atoms with Crippen LogP contribution in [-0.2, 0) is 9.47 Å². The molecule has 1 atom stereocenters. The Balaban J connectivity index is 2.44. The summed E-state index contributed by atoms with van der Waals surface area (Å²) in [4.78, 5) is 0. The van der Waals surface area contributed by atoms with Crippen LogP contribution in [0.4, 0.5) is 0 Å². The molecule has 0 aromatic heterocycles. The highest BCUT2D eigenvalue weighted by Gasteiger charge is 2.39. The molecule has 0 aliphatic heterocycles. The van der Waals surface area contributed by atoms with Crippen molar-refractivity contribution in [3.63, 3.8) is 0 Å². The second-order valence-electron chi connectivity index (χ2n) is 5.13. The summed E-state index contributed by atoms with van der Waals surface area (Å²) >= 11 is 0. The molecule has 1 aliphatic rings. The van der Waals surface area contributed by atoms with Crippen molar-refractivity contribution >= 4 is 0 Å². The molecule has 3 nitrogen and oxygen atoms in total. The monoisotopic (exact) mass is 229 g/mol. The Morgan fingerprint density at radius 3 is 2.50 bits per heavy atom. The third-order valence-electron chi connectivity index (χ3n) is 3.85. The predicted molar refractivity (Wildman–Crippen MR) is 66.5 cm³/mol. The topological polar surface area (TPSA) is 44.5 Å². The molecular weight excluding hydrogens is 202 g/mol. The van der Waals surface area contributed by atoms with E-state index in [0.717, 1.165) is 31.8 Å². The van der Waals surface area contributed by atoms with Gasteiger partial charge in [-0.25, -0.2) is 0 Å². The Morgan fingerprint density at radius 1 is 1.38 bits per heavy atom. The van der Waals surface area contributed by atoms with Crippen LogP contribution in [0.15, 0.2) is 0 Å². The van der Waals surface area contributed by atoms with Crippen LogP contribution < -0.4 is 5.73 Å². The number of hydrogen-bond donors (Lipinski definition) is 1. The Morgan fingerprint density at radius 2 is 2.00 bits per heavy atom. The smallest absolute Gasteiger partial charge is 0.0851 e. The zero-order chi connectivity index (χ0) is 12.0. The average Bonchev–Trinajstić information content (AvgIpc) is 2.31. The number of rotatable bonds is 6. The van der Waals surface area contributed by atoms with Crippen molar-refractivity contribution in [2.75, 3.05) is 20.3 Å². The number of methoxy groups -OCH3 is 1. The molecule has 1 saturated carbocycles. The first kappa shape index (κ1) is 13.9. The molecule has 1 rings (SSSR count). The Labute approximate surface area is 99.7 Å². The summed E-state index contributed by atoms with van der Waals surface area (Å²) in [6.07, 6.45) is 5.62. The molecule has 0 bridgehead atoms. The van der Waals surface area contributed by atoms with Crippen molar-refractivity contribution in [2.24, 2.45) is 11.7 Å². The van der Waals surface area contributed by atoms with E-state index in [2.05, 4.69) is 13.8 Å². The van der Waals surface area contributed by atoms with Crippen LogP contribution >= 0.6 is 0 Å². The van der Waals surface area contributed by atoms with E-state index < -0.39 is 0 Å². The zero-order valence-corrected chi connectivity index (χ0v) is 11.0. The molecule has 0 heterocycles. The van der Waals surface area contributed by atoms with Crippen molar-refractivity contribution in [3.8, 4) is 0 Å². The van der Waals surface area contributed by atoms with Crippen LogP contribution in [0.1, 0.15) is 46.0 Å². The molecule has 1 aliphatic carbocycles. The predicted octanol–water partition coefficient (Wildman–Crippen LogP) is 2.34. The number of nitrogens with two attached hydrogens (primary N) is 1. The zero-order valence-electron chi connectivity index (χ0n) is 11.0. The van der Waals surface area contributed by atoms with Gasteiger partial charge in [0.05, 0.1) is 18.2 Å². The van der Waals surface area contributed by atoms with Crippen molar-refractivity contribution in [1.82, 2.24) is 0 Å². The second-order valence-corrected chi connectivity index (χ2v) is 5.13. The van der Waals surface area contributed by atoms with Gasteiger partial charge in [-0.15, -0.1) is 0 Å². The highest BCUT2D eigenvalue weighted by atomic mass is 16.5. The highest BCUT2D eigenvalue weighted by molar-refractivity contribution is 4.94. The fourth-order valence-electron chi connectivity index (χ4n) is 2.48. The minimum atomic E-state index is -0.139. The highest BCUT2D eigenvalue weighted by Crippen LogP contribution is 2.36. The molecule has 96 valence electrons. The van der Waals surface area contributed by atoms with Gasteiger partial charge in [-0.05, 0) is 38.0 Å². The normalized spacial score (nSPS) is 32.6. The lowest BCUT2D eigenvalue weighted by Crippen LogP contribution is -2.53. The van der Waals surface area contributed by atoms with Gasteiger partial charge < -0.3 is 15.2 Å². The SMILES string of the molecule is CCCOCC(N)C1(OC)CCC(C)CC1. The minimum Gasteiger partial charge on any atom is -0.380 e. The maximum atomic E-state index is 6.23. The van der Waals surface area contributed by atoms with Crippen molar-refractivity contribution in [3.05, 3.63) is 0 Å². The summed E-state index contributed by atoms with van der Waals surface area (Å²) in [5.41, 5.74) is 6.09. The fraction of sp³-hybridized carbons (Fsp3) is 1.00. The van der Waals surface area contributed by atoms with Gasteiger partial charge in [0.25, 0.3) is 0 Å². The van der Waals surface area contributed by atoms with Crippen LogP contribution in [-0.4, -0.2) is 32.0 Å². The summed E-state index contributed by atoms with van der Waals surface area (Å²) in [6, 6.07) is 0.0107. The lowest BCUT2D eigenvalue weighted by Gasteiger charge is -2.42. The molecule has 16 heavy (non-hydrogen) atoms. The van der Waals surface area contributed by atoms with Gasteiger partial charge in [-0.1, -0.05) is 13.8 Å². The quantitative estimate of drug-likeness (QED) is 0.711. The molecule has 3 heteroatoms. The molecular formula is C13H27NO2. The van der Waals surface area contributed by atoms with Crippen molar-refractivity contribution < 1.29 is 9.47 Å². The van der Waals surface area contributed by atoms with E-state index in [0.29, 0.717) is 6.61 Å². The maximum absolute atomic E-state index is 6.23. The molecule has 0 radical (unpaired) electrons. The van der Waals surface area contributed by atoms with Gasteiger partial charge in [0.2, 0.25) is 0 Å². The van der Waals surface area contributed by atoms with Gasteiger partial charge in [0.15, 0.2) is 0 Å². The molecule has 1 unspecified atom stereocenters. The molecule has 0 saturated heterocycles. The third kappa shape index (κ3) is 3.44. The Hall–Kier alpha value is -0.120. The standard InChI is InChI=1S/C13H27NO2/c1-4-9-16-10-12(14)13(15-3)7-5-11(2)6-8-13/h11-12H,4-10,14H2,1-3H3. The first-order valence-corrected chi connectivity index (χ1v) is 6.53. The van der Waals surface area contributed by atoms with Gasteiger partial charge in [0.1, 0.15) is 0 Å². The van der Waals surface area contributed by atoms with Gasteiger partial charge in [-0.3, -0.25) is 0 Å². The summed E-state index contributed by atoms with van der Waals surface area (Å²) < 4.78 is 11.3. The van der Waals surface area contributed by atoms with E-state index in [9.17, 15) is 0 Å². The van der Waals surface area contributed by atoms with Crippen LogP contribution in [0.25, 0.3) is 0 Å². The first-order chi connectivity index (χ1) is 7.64. The van der Waals surface area contributed by atoms with Crippen LogP contribution in [0, 0.1) is 5.92 Å². The maximum Gasteiger partial charge on any atom is 0.0851 e. The molecule has 0 aromatic carbocycles. The van der Waals surface area contributed by atoms with Crippen LogP contribution in [0.5, 0.6) is 0 Å². The molecule has 2 N–H and O–H groups in total. The van der Waals surface area contributed by atoms with Gasteiger partial charge in [-0.2, -0.15) is 0 Å². The lowest BCUT2D eigenvalue weighted by atomic mass is 9.75. The summed E-state index contributed by atoms with van der Waals surface area (Å²) in [5, 5.41) is 0. The summed E-state index contributed by atoms with van der Waals surface area (Å²) in [5.74, 6) is 0.812. The number of ether oxygens (including phenoxy) is 2. The van der Waals surface area contributed by atoms with E-state index >= 15 is 0 Å². The van der Waals surface area contributed by atoms with E-state index in [4.69, 9.17) is 15.2 Å². The van der Waals surface area contributed by atoms with E-state index in [1.165, 1.54) is 12.8 Å². The second kappa shape index (κ2) is 6.58. The summed E-state index contributed by atoms with van der Waals surface area (Å²) in [7, 11) is 1.79. The van der Waals surface area contributed by atoms with Crippen molar-refractivity contribution in [2.45, 2.75) is 57.6 Å².